The highest BCUT2D eigenvalue weighted by molar-refractivity contribution is 7.10. The molecule has 2 amide bonds. The molecule has 5 nitrogen and oxygen atoms in total. The molecule has 0 aliphatic heterocycles. The monoisotopic (exact) mass is 348 g/mol. The van der Waals surface area contributed by atoms with E-state index in [0.29, 0.717) is 0 Å². The molecule has 126 valence electrons. The summed E-state index contributed by atoms with van der Waals surface area (Å²) in [5.74, 6) is -2.42. The standard InChI is InChI=1S/C17H17FN2O3S/c18-12-4-1-2-5-13(12)20-16(22)15(21)19-10-17(23,11-7-8-11)14-6-3-9-24-14/h1-6,9,11,23H,7-8,10H2,(H,19,21)(H,20,22). The second-order valence-corrected chi connectivity index (χ2v) is 6.74. The third kappa shape index (κ3) is 3.47. The zero-order valence-electron chi connectivity index (χ0n) is 12.8. The molecule has 2 aromatic rings. The normalized spacial score (nSPS) is 16.2. The van der Waals surface area contributed by atoms with Crippen molar-refractivity contribution in [2.24, 2.45) is 5.92 Å². The molecule has 1 aliphatic carbocycles. The number of nitrogens with one attached hydrogen (secondary N) is 2. The molecule has 1 heterocycles. The number of benzene rings is 1. The van der Waals surface area contributed by atoms with Crippen LogP contribution < -0.4 is 10.6 Å². The predicted octanol–water partition coefficient (Wildman–Crippen LogP) is 2.24. The zero-order chi connectivity index (χ0) is 17.2. The van der Waals surface area contributed by atoms with Crippen molar-refractivity contribution in [3.8, 4) is 0 Å². The van der Waals surface area contributed by atoms with Crippen molar-refractivity contribution in [2.45, 2.75) is 18.4 Å². The highest BCUT2D eigenvalue weighted by atomic mass is 32.1. The van der Waals surface area contributed by atoms with Crippen molar-refractivity contribution >= 4 is 28.8 Å². The van der Waals surface area contributed by atoms with E-state index in [2.05, 4.69) is 10.6 Å². The van der Waals surface area contributed by atoms with Crippen LogP contribution in [0.3, 0.4) is 0 Å². The number of rotatable bonds is 5. The topological polar surface area (TPSA) is 78.4 Å². The van der Waals surface area contributed by atoms with E-state index >= 15 is 0 Å². The van der Waals surface area contributed by atoms with Gasteiger partial charge >= 0.3 is 11.8 Å². The van der Waals surface area contributed by atoms with Crippen LogP contribution in [0.25, 0.3) is 0 Å². The smallest absolute Gasteiger partial charge is 0.313 e. The van der Waals surface area contributed by atoms with E-state index < -0.39 is 23.2 Å². The molecule has 1 saturated carbocycles. The van der Waals surface area contributed by atoms with E-state index in [-0.39, 0.29) is 18.2 Å². The van der Waals surface area contributed by atoms with Crippen LogP contribution >= 0.6 is 11.3 Å². The van der Waals surface area contributed by atoms with Gasteiger partial charge in [0.1, 0.15) is 11.4 Å². The van der Waals surface area contributed by atoms with Crippen LogP contribution in [-0.4, -0.2) is 23.5 Å². The third-order valence-electron chi connectivity index (χ3n) is 4.05. The van der Waals surface area contributed by atoms with Gasteiger partial charge in [-0.3, -0.25) is 9.59 Å². The summed E-state index contributed by atoms with van der Waals surface area (Å²) >= 11 is 1.41. The molecule has 3 rings (SSSR count). The third-order valence-corrected chi connectivity index (χ3v) is 5.08. The summed E-state index contributed by atoms with van der Waals surface area (Å²) in [4.78, 5) is 24.6. The number of aliphatic hydroxyl groups is 1. The lowest BCUT2D eigenvalue weighted by Crippen LogP contribution is -2.45. The Morgan fingerprint density at radius 3 is 2.58 bits per heavy atom. The van der Waals surface area contributed by atoms with Crippen LogP contribution in [0.15, 0.2) is 41.8 Å². The number of carbonyl (C=O) groups is 2. The van der Waals surface area contributed by atoms with Gasteiger partial charge in [0.2, 0.25) is 0 Å². The lowest BCUT2D eigenvalue weighted by Gasteiger charge is -2.27. The van der Waals surface area contributed by atoms with E-state index in [9.17, 15) is 19.1 Å². The molecule has 0 bridgehead atoms. The average molecular weight is 348 g/mol. The number of carbonyl (C=O) groups excluding carboxylic acids is 2. The molecular formula is C17H17FN2O3S. The minimum absolute atomic E-state index is 0.0539. The number of hydrogen-bond donors (Lipinski definition) is 3. The number of thiophene rings is 1. The first-order valence-electron chi connectivity index (χ1n) is 7.61. The lowest BCUT2D eigenvalue weighted by atomic mass is 9.95. The first kappa shape index (κ1) is 16.6. The number of halogens is 1. The Labute approximate surface area is 142 Å². The molecule has 1 fully saturated rings. The first-order valence-corrected chi connectivity index (χ1v) is 8.49. The highest BCUT2D eigenvalue weighted by Crippen LogP contribution is 2.46. The summed E-state index contributed by atoms with van der Waals surface area (Å²) in [6.07, 6.45) is 1.76. The van der Waals surface area contributed by atoms with Crippen LogP contribution in [0.1, 0.15) is 17.7 Å². The molecule has 7 heteroatoms. The van der Waals surface area contributed by atoms with Crippen molar-refractivity contribution in [1.29, 1.82) is 0 Å². The zero-order valence-corrected chi connectivity index (χ0v) is 13.6. The van der Waals surface area contributed by atoms with Crippen molar-refractivity contribution in [3.05, 3.63) is 52.5 Å². The van der Waals surface area contributed by atoms with Gasteiger partial charge in [0.15, 0.2) is 0 Å². The molecule has 3 N–H and O–H groups in total. The molecule has 1 atom stereocenters. The number of anilines is 1. The van der Waals surface area contributed by atoms with Crippen LogP contribution in [0, 0.1) is 11.7 Å². The molecular weight excluding hydrogens is 331 g/mol. The van der Waals surface area contributed by atoms with E-state index in [1.54, 1.807) is 6.07 Å². The SMILES string of the molecule is O=C(NCC(O)(c1cccs1)C1CC1)C(=O)Nc1ccccc1F. The highest BCUT2D eigenvalue weighted by Gasteiger charge is 2.46. The minimum Gasteiger partial charge on any atom is -0.382 e. The van der Waals surface area contributed by atoms with Crippen LogP contribution in [0.4, 0.5) is 10.1 Å². The van der Waals surface area contributed by atoms with E-state index in [4.69, 9.17) is 0 Å². The fraction of sp³-hybridized carbons (Fsp3) is 0.294. The second kappa shape index (κ2) is 6.70. The summed E-state index contributed by atoms with van der Waals surface area (Å²) in [5.41, 5.74) is -1.23. The summed E-state index contributed by atoms with van der Waals surface area (Å²) in [6, 6.07) is 9.25. The fourth-order valence-electron chi connectivity index (χ4n) is 2.56. The van der Waals surface area contributed by atoms with E-state index in [1.807, 2.05) is 17.5 Å². The quantitative estimate of drug-likeness (QED) is 0.725. The molecule has 1 aromatic carbocycles. The van der Waals surface area contributed by atoms with Gasteiger partial charge in [-0.25, -0.2) is 4.39 Å². The van der Waals surface area contributed by atoms with Crippen LogP contribution in [0.2, 0.25) is 0 Å². The molecule has 0 saturated heterocycles. The van der Waals surface area contributed by atoms with Gasteiger partial charge in [0, 0.05) is 4.88 Å². The maximum Gasteiger partial charge on any atom is 0.313 e. The van der Waals surface area contributed by atoms with Crippen molar-refractivity contribution < 1.29 is 19.1 Å². The molecule has 24 heavy (non-hydrogen) atoms. The summed E-state index contributed by atoms with van der Waals surface area (Å²) in [5, 5.41) is 17.4. The number of hydrogen-bond acceptors (Lipinski definition) is 4. The largest absolute Gasteiger partial charge is 0.382 e. The molecule has 1 aliphatic rings. The van der Waals surface area contributed by atoms with Gasteiger partial charge in [-0.1, -0.05) is 18.2 Å². The Morgan fingerprint density at radius 2 is 1.96 bits per heavy atom. The maximum absolute atomic E-state index is 13.5. The van der Waals surface area contributed by atoms with Crippen LogP contribution in [-0.2, 0) is 15.2 Å². The van der Waals surface area contributed by atoms with Crippen molar-refractivity contribution in [1.82, 2.24) is 5.32 Å². The van der Waals surface area contributed by atoms with E-state index in [1.165, 1.54) is 29.5 Å². The van der Waals surface area contributed by atoms with Crippen molar-refractivity contribution in [2.75, 3.05) is 11.9 Å². The van der Waals surface area contributed by atoms with Gasteiger partial charge in [-0.15, -0.1) is 11.3 Å². The Hall–Kier alpha value is -2.25. The molecule has 0 radical (unpaired) electrons. The second-order valence-electron chi connectivity index (χ2n) is 5.79. The van der Waals surface area contributed by atoms with Gasteiger partial charge in [0.05, 0.1) is 12.2 Å². The number of amides is 2. The molecule has 0 spiro atoms. The van der Waals surface area contributed by atoms with Gasteiger partial charge in [-0.05, 0) is 42.3 Å². The predicted molar refractivity (Wildman–Crippen MR) is 89.0 cm³/mol. The Kier molecular flexibility index (Phi) is 4.64. The minimum atomic E-state index is -1.16. The Balaban J connectivity index is 1.62. The Morgan fingerprint density at radius 1 is 1.21 bits per heavy atom. The summed E-state index contributed by atoms with van der Waals surface area (Å²) in [7, 11) is 0. The first-order chi connectivity index (χ1) is 11.5. The van der Waals surface area contributed by atoms with Gasteiger partial charge in [-0.2, -0.15) is 0 Å². The van der Waals surface area contributed by atoms with Gasteiger partial charge < -0.3 is 15.7 Å². The Bertz CT molecular complexity index is 746. The van der Waals surface area contributed by atoms with E-state index in [0.717, 1.165) is 17.7 Å². The fourth-order valence-corrected chi connectivity index (χ4v) is 3.46. The lowest BCUT2D eigenvalue weighted by molar-refractivity contribution is -0.137. The summed E-state index contributed by atoms with van der Waals surface area (Å²) < 4.78 is 13.5. The van der Waals surface area contributed by atoms with Gasteiger partial charge in [0.25, 0.3) is 0 Å². The molecule has 1 aromatic heterocycles. The average Bonchev–Trinajstić information content (AvgIpc) is 3.29. The molecule has 1 unspecified atom stereocenters. The summed E-state index contributed by atoms with van der Waals surface area (Å²) in [6.45, 7) is -0.0539. The van der Waals surface area contributed by atoms with Crippen LogP contribution in [0.5, 0.6) is 0 Å². The number of para-hydroxylation sites is 1. The van der Waals surface area contributed by atoms with Crippen molar-refractivity contribution in [3.63, 3.8) is 0 Å². The maximum atomic E-state index is 13.5.